The average molecular weight is 387 g/mol. The van der Waals surface area contributed by atoms with Gasteiger partial charge in [0.05, 0.1) is 24.3 Å². The summed E-state index contributed by atoms with van der Waals surface area (Å²) in [6.45, 7) is 0. The van der Waals surface area contributed by atoms with Gasteiger partial charge in [0.15, 0.2) is 0 Å². The molecule has 29 heavy (non-hydrogen) atoms. The SMILES string of the molecule is O=C(CC(c1ccccc1)N1C(=O)C2C3C=CC(C3)C2C1=O)Nc1ccccn1. The van der Waals surface area contributed by atoms with Gasteiger partial charge in [-0.3, -0.25) is 19.3 Å². The van der Waals surface area contributed by atoms with Crippen molar-refractivity contribution in [2.45, 2.75) is 18.9 Å². The zero-order valence-corrected chi connectivity index (χ0v) is 15.8. The summed E-state index contributed by atoms with van der Waals surface area (Å²) in [7, 11) is 0. The van der Waals surface area contributed by atoms with Crippen LogP contribution in [0.15, 0.2) is 66.9 Å². The van der Waals surface area contributed by atoms with Gasteiger partial charge >= 0.3 is 0 Å². The Balaban J connectivity index is 1.43. The molecule has 0 spiro atoms. The number of nitrogens with zero attached hydrogens (tertiary/aromatic N) is 2. The van der Waals surface area contributed by atoms with E-state index >= 15 is 0 Å². The molecule has 2 aliphatic carbocycles. The second-order valence-electron chi connectivity index (χ2n) is 7.94. The van der Waals surface area contributed by atoms with Gasteiger partial charge in [-0.15, -0.1) is 0 Å². The van der Waals surface area contributed by atoms with E-state index in [1.807, 2.05) is 30.3 Å². The topological polar surface area (TPSA) is 79.4 Å². The first-order valence-electron chi connectivity index (χ1n) is 9.94. The Kier molecular flexibility index (Phi) is 4.27. The highest BCUT2D eigenvalue weighted by Gasteiger charge is 2.60. The molecule has 1 aromatic heterocycles. The van der Waals surface area contributed by atoms with Crippen LogP contribution in [0.2, 0.25) is 0 Å². The van der Waals surface area contributed by atoms with E-state index in [4.69, 9.17) is 0 Å². The van der Waals surface area contributed by atoms with Gasteiger partial charge in [-0.1, -0.05) is 48.6 Å². The maximum absolute atomic E-state index is 13.3. The summed E-state index contributed by atoms with van der Waals surface area (Å²) in [5.41, 5.74) is 0.783. The van der Waals surface area contributed by atoms with Crippen molar-refractivity contribution >= 4 is 23.5 Å². The van der Waals surface area contributed by atoms with Crippen molar-refractivity contribution in [3.8, 4) is 0 Å². The molecule has 1 N–H and O–H groups in total. The van der Waals surface area contributed by atoms with Crippen LogP contribution in [0.5, 0.6) is 0 Å². The van der Waals surface area contributed by atoms with E-state index in [1.54, 1.807) is 24.4 Å². The predicted octanol–water partition coefficient (Wildman–Crippen LogP) is 2.96. The van der Waals surface area contributed by atoms with Gasteiger partial charge in [0.2, 0.25) is 17.7 Å². The third kappa shape index (κ3) is 2.95. The summed E-state index contributed by atoms with van der Waals surface area (Å²) >= 11 is 0. The highest BCUT2D eigenvalue weighted by atomic mass is 16.2. The number of fused-ring (bicyclic) bond motifs is 5. The van der Waals surface area contributed by atoms with Crippen LogP contribution in [0.3, 0.4) is 0 Å². The van der Waals surface area contributed by atoms with Crippen LogP contribution in [0, 0.1) is 23.7 Å². The maximum atomic E-state index is 13.3. The fraction of sp³-hybridized carbons (Fsp3) is 0.304. The number of amides is 3. The molecule has 6 nitrogen and oxygen atoms in total. The van der Waals surface area contributed by atoms with Crippen LogP contribution in [-0.2, 0) is 14.4 Å². The smallest absolute Gasteiger partial charge is 0.234 e. The van der Waals surface area contributed by atoms with Gasteiger partial charge in [-0.25, -0.2) is 4.98 Å². The van der Waals surface area contributed by atoms with E-state index in [0.29, 0.717) is 5.82 Å². The highest BCUT2D eigenvalue weighted by molar-refractivity contribution is 6.07. The monoisotopic (exact) mass is 387 g/mol. The number of hydrogen-bond acceptors (Lipinski definition) is 4. The fourth-order valence-electron chi connectivity index (χ4n) is 5.07. The summed E-state index contributed by atoms with van der Waals surface area (Å²) in [6.07, 6.45) is 6.64. The van der Waals surface area contributed by atoms with E-state index in [0.717, 1.165) is 12.0 Å². The van der Waals surface area contributed by atoms with Crippen LogP contribution < -0.4 is 5.32 Å². The summed E-state index contributed by atoms with van der Waals surface area (Å²) in [5.74, 6) is -0.382. The minimum Gasteiger partial charge on any atom is -0.311 e. The van der Waals surface area contributed by atoms with Gasteiger partial charge in [-0.2, -0.15) is 0 Å². The standard InChI is InChI=1S/C23H21N3O3/c27-19(25-18-8-4-5-11-24-18)13-17(14-6-2-1-3-7-14)26-22(28)20-15-9-10-16(12-15)21(20)23(26)29/h1-11,15-17,20-21H,12-13H2,(H,24,25,27). The zero-order valence-electron chi connectivity index (χ0n) is 15.8. The van der Waals surface area contributed by atoms with E-state index in [-0.39, 0.29) is 47.8 Å². The molecule has 1 aliphatic heterocycles. The number of anilines is 1. The number of imide groups is 1. The number of carbonyl (C=O) groups excluding carboxylic acids is 3. The van der Waals surface area contributed by atoms with Gasteiger partial charge in [-0.05, 0) is 36.0 Å². The third-order valence-electron chi connectivity index (χ3n) is 6.31. The Labute approximate surface area is 168 Å². The summed E-state index contributed by atoms with van der Waals surface area (Å²) in [5, 5.41) is 2.76. The molecule has 2 heterocycles. The Hall–Kier alpha value is -3.28. The average Bonchev–Trinajstić information content (AvgIpc) is 3.42. The molecule has 3 aliphatic rings. The second-order valence-corrected chi connectivity index (χ2v) is 7.94. The second kappa shape index (κ2) is 6.95. The van der Waals surface area contributed by atoms with Gasteiger partial charge < -0.3 is 5.32 Å². The lowest BCUT2D eigenvalue weighted by Crippen LogP contribution is -2.38. The van der Waals surface area contributed by atoms with Crippen LogP contribution in [-0.4, -0.2) is 27.6 Å². The van der Waals surface area contributed by atoms with Crippen LogP contribution in [0.25, 0.3) is 0 Å². The molecule has 1 aromatic carbocycles. The predicted molar refractivity (Wildman–Crippen MR) is 106 cm³/mol. The van der Waals surface area contributed by atoms with Crippen molar-refractivity contribution in [2.75, 3.05) is 5.32 Å². The molecule has 3 amide bonds. The zero-order chi connectivity index (χ0) is 20.0. The molecule has 146 valence electrons. The lowest BCUT2D eigenvalue weighted by Gasteiger charge is -2.28. The van der Waals surface area contributed by atoms with E-state index in [2.05, 4.69) is 22.5 Å². The molecule has 2 bridgehead atoms. The fourth-order valence-corrected chi connectivity index (χ4v) is 5.07. The largest absolute Gasteiger partial charge is 0.311 e. The lowest BCUT2D eigenvalue weighted by molar-refractivity contribution is -0.144. The van der Waals surface area contributed by atoms with Gasteiger partial charge in [0.25, 0.3) is 0 Å². The van der Waals surface area contributed by atoms with Crippen LogP contribution in [0.1, 0.15) is 24.4 Å². The molecule has 2 fully saturated rings. The Morgan fingerprint density at radius 2 is 1.66 bits per heavy atom. The molecule has 5 atom stereocenters. The first-order chi connectivity index (χ1) is 14.1. The first kappa shape index (κ1) is 17.8. The minimum atomic E-state index is -0.620. The summed E-state index contributed by atoms with van der Waals surface area (Å²) in [6, 6.07) is 14.0. The van der Waals surface area contributed by atoms with Crippen molar-refractivity contribution in [3.05, 3.63) is 72.4 Å². The summed E-state index contributed by atoms with van der Waals surface area (Å²) in [4.78, 5) is 44.7. The number of allylic oxidation sites excluding steroid dienone is 2. The first-order valence-corrected chi connectivity index (χ1v) is 9.94. The van der Waals surface area contributed by atoms with E-state index in [9.17, 15) is 14.4 Å². The van der Waals surface area contributed by atoms with Crippen molar-refractivity contribution < 1.29 is 14.4 Å². The van der Waals surface area contributed by atoms with E-state index in [1.165, 1.54) is 4.90 Å². The third-order valence-corrected chi connectivity index (χ3v) is 6.31. The molecule has 5 rings (SSSR count). The molecular weight excluding hydrogens is 366 g/mol. The number of likely N-dealkylation sites (tertiary alicyclic amines) is 1. The Morgan fingerprint density at radius 1 is 1.00 bits per heavy atom. The van der Waals surface area contributed by atoms with E-state index < -0.39 is 6.04 Å². The molecule has 1 saturated heterocycles. The molecule has 0 radical (unpaired) electrons. The van der Waals surface area contributed by atoms with Gasteiger partial charge in [0.1, 0.15) is 5.82 Å². The molecule has 6 heteroatoms. The van der Waals surface area contributed by atoms with Crippen molar-refractivity contribution in [1.29, 1.82) is 0 Å². The highest BCUT2D eigenvalue weighted by Crippen LogP contribution is 2.54. The van der Waals surface area contributed by atoms with Crippen molar-refractivity contribution in [2.24, 2.45) is 23.7 Å². The molecule has 1 saturated carbocycles. The molecule has 2 aromatic rings. The lowest BCUT2D eigenvalue weighted by atomic mass is 9.85. The maximum Gasteiger partial charge on any atom is 0.234 e. The number of pyridine rings is 1. The van der Waals surface area contributed by atoms with Crippen molar-refractivity contribution in [3.63, 3.8) is 0 Å². The van der Waals surface area contributed by atoms with Crippen LogP contribution >= 0.6 is 0 Å². The normalized spacial score (nSPS) is 27.9. The number of benzene rings is 1. The Bertz CT molecular complexity index is 959. The number of hydrogen-bond donors (Lipinski definition) is 1. The number of aromatic nitrogens is 1. The number of rotatable bonds is 5. The number of nitrogens with one attached hydrogen (secondary N) is 1. The quantitative estimate of drug-likeness (QED) is 0.632. The molecular formula is C23H21N3O3. The van der Waals surface area contributed by atoms with Gasteiger partial charge in [0, 0.05) is 6.20 Å². The molecule has 5 unspecified atom stereocenters. The van der Waals surface area contributed by atoms with Crippen molar-refractivity contribution in [1.82, 2.24) is 9.88 Å². The number of carbonyl (C=O) groups is 3. The Morgan fingerprint density at radius 3 is 2.28 bits per heavy atom. The minimum absolute atomic E-state index is 0.000267. The summed E-state index contributed by atoms with van der Waals surface area (Å²) < 4.78 is 0. The van der Waals surface area contributed by atoms with Crippen LogP contribution in [0.4, 0.5) is 5.82 Å².